The molecule has 0 aliphatic carbocycles. The smallest absolute Gasteiger partial charge is 0.276 e. The molecule has 1 atom stereocenters. The summed E-state index contributed by atoms with van der Waals surface area (Å²) in [7, 11) is 0. The van der Waals surface area contributed by atoms with E-state index >= 15 is 0 Å². The molecule has 0 saturated heterocycles. The fourth-order valence-corrected chi connectivity index (χ4v) is 1.37. The Hall–Kier alpha value is -1.32. The number of Topliss-reactive ketones (excluding diaryl/α,β-unsaturated/α-hetero) is 1. The number of nitrogens with zero attached hydrogens (tertiary/aromatic N) is 3. The van der Waals surface area contributed by atoms with E-state index in [0.717, 1.165) is 4.47 Å². The molecule has 0 amide bonds. The predicted molar refractivity (Wildman–Crippen MR) is 59.7 cm³/mol. The number of halogens is 1. The van der Waals surface area contributed by atoms with E-state index in [1.54, 1.807) is 25.3 Å². The molecule has 4 nitrogen and oxygen atoms in total. The number of pyridine rings is 1. The molecule has 1 rings (SSSR count). The first-order chi connectivity index (χ1) is 7.00. The normalized spacial score (nSPS) is 13.8. The highest BCUT2D eigenvalue weighted by Gasteiger charge is 2.36. The van der Waals surface area contributed by atoms with Crippen LogP contribution in [0.25, 0.3) is 5.53 Å². The molecule has 1 unspecified atom stereocenters. The van der Waals surface area contributed by atoms with Crippen LogP contribution in [-0.2, 0) is 10.2 Å². The van der Waals surface area contributed by atoms with Gasteiger partial charge in [0.2, 0.25) is 0 Å². The lowest BCUT2D eigenvalue weighted by Crippen LogP contribution is -2.33. The van der Waals surface area contributed by atoms with Crippen molar-refractivity contribution in [2.75, 3.05) is 0 Å². The summed E-state index contributed by atoms with van der Waals surface area (Å²) in [6, 6.07) is 3.50. The minimum absolute atomic E-state index is 0.130. The third kappa shape index (κ3) is 2.37. The van der Waals surface area contributed by atoms with Gasteiger partial charge in [0, 0.05) is 10.7 Å². The maximum atomic E-state index is 11.5. The summed E-state index contributed by atoms with van der Waals surface area (Å²) < 4.78 is 0.832. The van der Waals surface area contributed by atoms with Crippen molar-refractivity contribution in [1.29, 1.82) is 0 Å². The lowest BCUT2D eigenvalue weighted by atomic mass is 9.84. The van der Waals surface area contributed by atoms with Gasteiger partial charge >= 0.3 is 0 Å². The highest BCUT2D eigenvalue weighted by Crippen LogP contribution is 2.21. The van der Waals surface area contributed by atoms with Gasteiger partial charge in [0.1, 0.15) is 0 Å². The van der Waals surface area contributed by atoms with E-state index in [-0.39, 0.29) is 5.78 Å². The summed E-state index contributed by atoms with van der Waals surface area (Å²) in [5, 5.41) is 0. The van der Waals surface area contributed by atoms with Gasteiger partial charge in [-0.3, -0.25) is 9.78 Å². The first-order valence-corrected chi connectivity index (χ1v) is 5.11. The quantitative estimate of drug-likeness (QED) is 0.478. The van der Waals surface area contributed by atoms with Crippen LogP contribution >= 0.6 is 15.9 Å². The predicted octanol–water partition coefficient (Wildman–Crippen LogP) is 1.99. The summed E-state index contributed by atoms with van der Waals surface area (Å²) in [6.45, 7) is 3.09. The molecule has 1 heterocycles. The minimum Gasteiger partial charge on any atom is -0.362 e. The standard InChI is InChI=1S/C10H10BrN3O/c1-7(15)10(2,6-14-12)9-4-3-8(11)5-13-9/h3-6H,1-2H3. The number of hydrogen-bond acceptors (Lipinski definition) is 2. The summed E-state index contributed by atoms with van der Waals surface area (Å²) in [4.78, 5) is 18.5. The number of hydrogen-bond donors (Lipinski definition) is 0. The first-order valence-electron chi connectivity index (χ1n) is 4.32. The maximum absolute atomic E-state index is 11.5. The highest BCUT2D eigenvalue weighted by atomic mass is 79.9. The molecule has 1 aromatic heterocycles. The van der Waals surface area contributed by atoms with Crippen molar-refractivity contribution in [2.24, 2.45) is 0 Å². The van der Waals surface area contributed by atoms with Crippen LogP contribution < -0.4 is 0 Å². The number of rotatable bonds is 3. The van der Waals surface area contributed by atoms with E-state index in [0.29, 0.717) is 5.69 Å². The summed E-state index contributed by atoms with van der Waals surface area (Å²) in [5.74, 6) is -0.130. The molecule has 1 aromatic rings. The Balaban J connectivity index is 3.27. The van der Waals surface area contributed by atoms with E-state index in [2.05, 4.69) is 25.7 Å². The number of carbonyl (C=O) groups is 1. The summed E-state index contributed by atoms with van der Waals surface area (Å²) in [6.07, 6.45) is 2.79. The molecule has 0 aliphatic rings. The number of ketones is 1. The van der Waals surface area contributed by atoms with Crippen molar-refractivity contribution in [1.82, 2.24) is 4.98 Å². The zero-order chi connectivity index (χ0) is 11.5. The van der Waals surface area contributed by atoms with Crippen molar-refractivity contribution < 1.29 is 9.58 Å². The number of carbonyl (C=O) groups excluding carboxylic acids is 1. The van der Waals surface area contributed by atoms with Crippen molar-refractivity contribution in [3.8, 4) is 0 Å². The molecule has 0 saturated carbocycles. The second-order valence-corrected chi connectivity index (χ2v) is 4.28. The van der Waals surface area contributed by atoms with Crippen LogP contribution in [0.5, 0.6) is 0 Å². The van der Waals surface area contributed by atoms with Crippen LogP contribution in [-0.4, -0.2) is 21.8 Å². The maximum Gasteiger partial charge on any atom is 0.276 e. The molecule has 0 aliphatic heterocycles. The molecular weight excluding hydrogens is 258 g/mol. The Morgan fingerprint density at radius 3 is 2.73 bits per heavy atom. The molecule has 0 radical (unpaired) electrons. The molecule has 78 valence electrons. The van der Waals surface area contributed by atoms with Crippen molar-refractivity contribution >= 4 is 27.9 Å². The molecule has 0 aromatic carbocycles. The van der Waals surface area contributed by atoms with Gasteiger partial charge in [0.15, 0.2) is 11.2 Å². The average molecular weight is 268 g/mol. The summed E-state index contributed by atoms with van der Waals surface area (Å²) >= 11 is 3.26. The van der Waals surface area contributed by atoms with E-state index < -0.39 is 5.41 Å². The molecule has 5 heteroatoms. The Morgan fingerprint density at radius 1 is 1.67 bits per heavy atom. The minimum atomic E-state index is -0.977. The molecule has 0 spiro atoms. The molecular formula is C10H10BrN3O. The largest absolute Gasteiger partial charge is 0.362 e. The number of aromatic nitrogens is 1. The van der Waals surface area contributed by atoms with Crippen molar-refractivity contribution in [3.63, 3.8) is 0 Å². The van der Waals surface area contributed by atoms with Gasteiger partial charge in [0.25, 0.3) is 6.21 Å². The lowest BCUT2D eigenvalue weighted by Gasteiger charge is -2.16. The zero-order valence-electron chi connectivity index (χ0n) is 8.44. The van der Waals surface area contributed by atoms with Crippen LogP contribution in [0.15, 0.2) is 22.8 Å². The van der Waals surface area contributed by atoms with E-state index in [4.69, 9.17) is 5.53 Å². The fourth-order valence-electron chi connectivity index (χ4n) is 1.14. The monoisotopic (exact) mass is 267 g/mol. The first kappa shape index (κ1) is 11.8. The Kier molecular flexibility index (Phi) is 3.50. The molecule has 15 heavy (non-hydrogen) atoms. The second-order valence-electron chi connectivity index (χ2n) is 3.36. The van der Waals surface area contributed by atoms with Crippen LogP contribution in [0.2, 0.25) is 0 Å². The van der Waals surface area contributed by atoms with Gasteiger partial charge in [-0.25, -0.2) is 0 Å². The van der Waals surface area contributed by atoms with E-state index in [1.807, 2.05) is 0 Å². The average Bonchev–Trinajstić information content (AvgIpc) is 2.18. The Labute approximate surface area is 96.1 Å². The van der Waals surface area contributed by atoms with Gasteiger partial charge in [-0.2, -0.15) is 4.79 Å². The van der Waals surface area contributed by atoms with Gasteiger partial charge < -0.3 is 5.53 Å². The highest BCUT2D eigenvalue weighted by molar-refractivity contribution is 9.10. The SMILES string of the molecule is CC(=O)C(C)(C=[N+]=[N-])c1ccc(Br)cn1. The van der Waals surface area contributed by atoms with Gasteiger partial charge in [-0.1, -0.05) is 0 Å². The fraction of sp³-hybridized carbons (Fsp3) is 0.300. The van der Waals surface area contributed by atoms with E-state index in [9.17, 15) is 4.79 Å². The Bertz CT molecular complexity index is 419. The van der Waals surface area contributed by atoms with Crippen LogP contribution in [0.3, 0.4) is 0 Å². The van der Waals surface area contributed by atoms with Crippen LogP contribution in [0.1, 0.15) is 19.5 Å². The van der Waals surface area contributed by atoms with Crippen LogP contribution in [0.4, 0.5) is 0 Å². The zero-order valence-corrected chi connectivity index (χ0v) is 10.0. The van der Waals surface area contributed by atoms with Crippen LogP contribution in [0, 0.1) is 0 Å². The van der Waals surface area contributed by atoms with Crippen molar-refractivity contribution in [2.45, 2.75) is 19.3 Å². The van der Waals surface area contributed by atoms with Gasteiger partial charge in [0.05, 0.1) is 5.69 Å². The van der Waals surface area contributed by atoms with Gasteiger partial charge in [-0.05, 0) is 41.9 Å². The third-order valence-corrected chi connectivity index (χ3v) is 2.78. The molecule has 0 fully saturated rings. The van der Waals surface area contributed by atoms with E-state index in [1.165, 1.54) is 13.1 Å². The topological polar surface area (TPSA) is 66.4 Å². The summed E-state index contributed by atoms with van der Waals surface area (Å²) in [5.41, 5.74) is 8.12. The molecule has 0 N–H and O–H groups in total. The Morgan fingerprint density at radius 2 is 2.33 bits per heavy atom. The van der Waals surface area contributed by atoms with Crippen molar-refractivity contribution in [3.05, 3.63) is 34.0 Å². The molecule has 0 bridgehead atoms. The lowest BCUT2D eigenvalue weighted by molar-refractivity contribution is -0.120. The van der Waals surface area contributed by atoms with Gasteiger partial charge in [-0.15, -0.1) is 0 Å². The second kappa shape index (κ2) is 4.47. The third-order valence-electron chi connectivity index (χ3n) is 2.31.